The van der Waals surface area contributed by atoms with Gasteiger partial charge in [-0.15, -0.1) is 0 Å². The van der Waals surface area contributed by atoms with Crippen molar-refractivity contribution < 1.29 is 0 Å². The maximum atomic E-state index is 2.67. The maximum Gasteiger partial charge on any atom is 0.0198 e. The van der Waals surface area contributed by atoms with Crippen molar-refractivity contribution in [2.24, 2.45) is 60.1 Å². The summed E-state index contributed by atoms with van der Waals surface area (Å²) in [6, 6.07) is 99.8. The van der Waals surface area contributed by atoms with Crippen molar-refractivity contribution in [1.29, 1.82) is 0 Å². The number of fused-ring (bicyclic) bond motifs is 16. The molecule has 16 heterocycles. The summed E-state index contributed by atoms with van der Waals surface area (Å²) in [7, 11) is -2.27. The standard InChI is InChI=1S/C46H48P2.C36H46P2.C30H32P2.C28H28P2/c1-27-21-29(3)37(30(4)22-27)39-43(35-17-13-11-14-18-35)47-25-45(39,9)33(7)41(47)42-34(8)46(10)26-48(42)44(36-19-15-12-16-20-36)40(46)38-31(5)23-28(2)24-32(38)6;1-23-29(37-21-35(23,9)27(31(37)33(3,4)5)25-17-13-11-14-18-25)30-24(2)36(10)22-38(30)32(34(6,7)8)28(36)26-19-15-12-16-20-26;1-19-27(31-17-29(19,5)25(21(31)3)23-13-9-7-10-14-23)28-20(2)30(6)18-32(28)22(4)26(30)24-15-11-8-12-16-24;1-19-25(29-15-23(27(19,3)17-29)21-11-7-5-8-12-21)26-20(2)28(4)18-30(26)16-24(28)22-13-9-6-10-14-22/h11-24H,25-26H2,1-10H3;11-20,23,29H,21-22H2,1-10H3;7-16H,17-18H2,1-6H3;5-16H,17-18H2,1-4H3. The van der Waals surface area contributed by atoms with Crippen LogP contribution in [0.4, 0.5) is 0 Å². The van der Waals surface area contributed by atoms with Crippen LogP contribution in [0.3, 0.4) is 0 Å². The quantitative estimate of drug-likeness (QED) is 0.0952. The summed E-state index contributed by atoms with van der Waals surface area (Å²) < 4.78 is 0. The van der Waals surface area contributed by atoms with Gasteiger partial charge in [0.25, 0.3) is 0 Å². The summed E-state index contributed by atoms with van der Waals surface area (Å²) in [5.74, 6) is 6.02. The second-order valence-electron chi connectivity index (χ2n) is 50.5. The number of benzene rings is 10. The minimum absolute atomic E-state index is 0.0348. The van der Waals surface area contributed by atoms with E-state index >= 15 is 0 Å². The third kappa shape index (κ3) is 15.2. The lowest BCUT2D eigenvalue weighted by molar-refractivity contribution is 0.352. The van der Waals surface area contributed by atoms with Gasteiger partial charge in [-0.05, 0) is 409 Å². The lowest BCUT2D eigenvalue weighted by Crippen LogP contribution is -2.33. The highest BCUT2D eigenvalue weighted by atomic mass is 31.1. The van der Waals surface area contributed by atoms with E-state index in [0.717, 1.165) is 5.66 Å². The van der Waals surface area contributed by atoms with E-state index in [-0.39, 0.29) is 102 Å². The molecule has 18 unspecified atom stereocenters. The van der Waals surface area contributed by atoms with Crippen LogP contribution in [0.2, 0.25) is 0 Å². The van der Waals surface area contributed by atoms with Crippen molar-refractivity contribution in [1.82, 2.24) is 0 Å². The number of hydrogen-bond donors (Lipinski definition) is 0. The minimum Gasteiger partial charge on any atom is -0.0699 e. The van der Waals surface area contributed by atoms with E-state index < -0.39 is 15.8 Å². The largest absolute Gasteiger partial charge is 0.0699 e. The monoisotopic (exact) mass is 2080 g/mol. The lowest BCUT2D eigenvalue weighted by Gasteiger charge is -2.45. The first-order valence-electron chi connectivity index (χ1n) is 54.9. The fourth-order valence-electron chi connectivity index (χ4n) is 31.6. The number of aryl methyl sites for hydroxylation is 6. The van der Waals surface area contributed by atoms with E-state index in [1.165, 1.54) is 138 Å². The Labute approximate surface area is 899 Å². The molecule has 0 aliphatic carbocycles. The molecule has 0 nitrogen and oxygen atoms in total. The van der Waals surface area contributed by atoms with Crippen molar-refractivity contribution in [3.05, 3.63) is 465 Å². The predicted molar refractivity (Wildman–Crippen MR) is 661 cm³/mol. The summed E-state index contributed by atoms with van der Waals surface area (Å²) >= 11 is 0. The van der Waals surface area contributed by atoms with Gasteiger partial charge in [-0.1, -0.05) is 448 Å². The van der Waals surface area contributed by atoms with Crippen LogP contribution in [0, 0.1) is 102 Å². The Morgan fingerprint density at radius 2 is 0.507 bits per heavy atom. The fraction of sp³-hybridized carbons (Fsp3) is 0.357. The Bertz CT molecular complexity index is 7430. The zero-order chi connectivity index (χ0) is 104. The molecule has 754 valence electrons. The molecule has 1 fully saturated rings. The Balaban J connectivity index is 0.000000110. The zero-order valence-electron chi connectivity index (χ0n) is 93.9. The smallest absolute Gasteiger partial charge is 0.0198 e. The summed E-state index contributed by atoms with van der Waals surface area (Å²) in [5, 5.41) is 22.8. The van der Waals surface area contributed by atoms with Gasteiger partial charge in [-0.2, -0.15) is 0 Å². The Hall–Kier alpha value is -8.26. The second kappa shape index (κ2) is 36.7. The van der Waals surface area contributed by atoms with E-state index in [1.54, 1.807) is 142 Å². The molecule has 0 saturated carbocycles. The highest BCUT2D eigenvalue weighted by Gasteiger charge is 2.67. The SMILES string of the molecule is CC1=C(C2=C(C)C3(C)CP2C(c2ccccc2)=C3c2c(C)cc(C)cc2C)P2CC1(C)C(c1c(C)cc(C)cc1C)=C2c1ccccc1.CC1=C(C2=C(C)C3(C)CP2C=C3c2ccccc2)P2C=C(c3ccccc3)C1(C)C2.CC1=C(C2C(C)C3(C)CP2C(C(C)(C)C)=C3c2ccccc2)P2CC1(C)C(c1ccccc1)=C2C(C)(C)C.CC1=C(c2ccccc2)C2(C)CP1C(C1=C(C)C3(C)CP1C(C)=C3c1ccccc1)=C2C. The number of rotatable bonds is 14. The van der Waals surface area contributed by atoms with Crippen LogP contribution in [-0.2, 0) is 0 Å². The summed E-state index contributed by atoms with van der Waals surface area (Å²) in [5.41, 5.74) is 50.2. The topological polar surface area (TPSA) is 0 Å². The van der Waals surface area contributed by atoms with Gasteiger partial charge in [-0.3, -0.25) is 0 Å². The molecular weight excluding hydrogens is 1930 g/mol. The van der Waals surface area contributed by atoms with Gasteiger partial charge in [0.1, 0.15) is 0 Å². The highest BCUT2D eigenvalue weighted by Crippen LogP contribution is 2.92. The van der Waals surface area contributed by atoms with E-state index in [2.05, 4.69) is 486 Å². The number of allylic oxidation sites excluding steroid dienone is 26. The van der Waals surface area contributed by atoms with Crippen molar-refractivity contribution in [3.63, 3.8) is 0 Å². The third-order valence-electron chi connectivity index (χ3n) is 39.3. The molecule has 10 aromatic carbocycles. The van der Waals surface area contributed by atoms with Crippen molar-refractivity contribution in [3.8, 4) is 0 Å². The summed E-state index contributed by atoms with van der Waals surface area (Å²) in [6.07, 6.45) is 10.5. The Morgan fingerprint density at radius 1 is 0.243 bits per heavy atom. The molecule has 10 aromatic rings. The Morgan fingerprint density at radius 3 is 0.824 bits per heavy atom. The van der Waals surface area contributed by atoms with E-state index in [4.69, 9.17) is 0 Å². The molecule has 16 aliphatic rings. The molecule has 0 aromatic heterocycles. The zero-order valence-corrected chi connectivity index (χ0v) is 101. The van der Waals surface area contributed by atoms with Crippen molar-refractivity contribution in [2.45, 2.75) is 213 Å². The first-order valence-corrected chi connectivity index (χ1v) is 67.4. The van der Waals surface area contributed by atoms with Crippen LogP contribution in [-0.4, -0.2) is 55.0 Å². The average Bonchev–Trinajstić information content (AvgIpc) is 1.50. The normalized spacial score (nSPS) is 31.6. The van der Waals surface area contributed by atoms with Gasteiger partial charge in [0.05, 0.1) is 0 Å². The van der Waals surface area contributed by atoms with Gasteiger partial charge < -0.3 is 0 Å². The first-order chi connectivity index (χ1) is 70.3. The van der Waals surface area contributed by atoms with Crippen LogP contribution in [0.25, 0.3) is 55.2 Å². The molecule has 16 bridgehead atoms. The summed E-state index contributed by atoms with van der Waals surface area (Å²) in [6.45, 7) is 74.1. The number of hydrogen-bond acceptors (Lipinski definition) is 0. The molecule has 8 heteroatoms. The molecule has 0 N–H and O–H groups in total. The third-order valence-corrected chi connectivity index (χ3v) is 65.1. The van der Waals surface area contributed by atoms with Crippen LogP contribution < -0.4 is 0 Å². The first kappa shape index (κ1) is 103. The summed E-state index contributed by atoms with van der Waals surface area (Å²) in [4.78, 5) is 0. The molecule has 0 spiro atoms. The van der Waals surface area contributed by atoms with Crippen molar-refractivity contribution in [2.75, 3.05) is 49.3 Å². The van der Waals surface area contributed by atoms with Gasteiger partial charge in [0.2, 0.25) is 0 Å². The van der Waals surface area contributed by atoms with E-state index in [0.29, 0.717) is 5.92 Å². The maximum absolute atomic E-state index is 2.67. The average molecular weight is 2080 g/mol. The molecule has 26 rings (SSSR count). The highest BCUT2D eigenvalue weighted by molar-refractivity contribution is 7.79. The van der Waals surface area contributed by atoms with Gasteiger partial charge >= 0.3 is 0 Å². The van der Waals surface area contributed by atoms with Crippen LogP contribution in [0.15, 0.2) is 376 Å². The van der Waals surface area contributed by atoms with Gasteiger partial charge in [0, 0.05) is 49.0 Å². The van der Waals surface area contributed by atoms with E-state index in [9.17, 15) is 0 Å². The van der Waals surface area contributed by atoms with Gasteiger partial charge in [-0.25, -0.2) is 0 Å². The lowest BCUT2D eigenvalue weighted by atomic mass is 9.67. The Kier molecular flexibility index (Phi) is 25.5. The molecular formula is C140H154P8. The van der Waals surface area contributed by atoms with Gasteiger partial charge in [0.15, 0.2) is 0 Å². The fourth-order valence-corrected chi connectivity index (χ4v) is 64.6. The van der Waals surface area contributed by atoms with Crippen LogP contribution in [0.1, 0.15) is 255 Å². The van der Waals surface area contributed by atoms with Crippen molar-refractivity contribution >= 4 is 119 Å². The second-order valence-corrected chi connectivity index (χ2v) is 67.5. The molecule has 1 saturated heterocycles. The molecule has 0 radical (unpaired) electrons. The van der Waals surface area contributed by atoms with E-state index in [1.807, 2.05) is 10.6 Å². The molecule has 18 atom stereocenters. The molecule has 148 heavy (non-hydrogen) atoms. The molecule has 0 amide bonds. The predicted octanol–water partition coefficient (Wildman–Crippen LogP) is 42.8. The van der Waals surface area contributed by atoms with Crippen LogP contribution in [0.5, 0.6) is 0 Å². The molecule has 16 aliphatic heterocycles. The van der Waals surface area contributed by atoms with Crippen LogP contribution >= 0.6 is 63.4 Å². The minimum atomic E-state index is -0.505.